The fraction of sp³-hybridized carbons (Fsp3) is 0.375. The summed E-state index contributed by atoms with van der Waals surface area (Å²) >= 11 is 0. The largest absolute Gasteiger partial charge is 0.467 e. The van der Waals surface area contributed by atoms with Gasteiger partial charge in [0.15, 0.2) is 12.4 Å². The lowest BCUT2D eigenvalue weighted by molar-refractivity contribution is -0.154. The molecule has 0 aliphatic heterocycles. The van der Waals surface area contributed by atoms with Crippen molar-refractivity contribution in [1.82, 2.24) is 9.97 Å². The molecule has 0 aromatic carbocycles. The molecule has 0 atom stereocenters. The number of rotatable bonds is 3. The van der Waals surface area contributed by atoms with Crippen LogP contribution in [0, 0.1) is 0 Å². The summed E-state index contributed by atoms with van der Waals surface area (Å²) < 4.78 is 39.5. The van der Waals surface area contributed by atoms with Crippen LogP contribution in [0.3, 0.4) is 0 Å². The number of hydrogen-bond donors (Lipinski definition) is 0. The average molecular weight is 220 g/mol. The quantitative estimate of drug-likeness (QED) is 0.726. The molecule has 0 amide bonds. The molecule has 0 unspecified atom stereocenters. The van der Waals surface area contributed by atoms with Crippen LogP contribution in [-0.2, 0) is 0 Å². The summed E-state index contributed by atoms with van der Waals surface area (Å²) in [6.45, 7) is -0.151. The lowest BCUT2D eigenvalue weighted by atomic mass is 10.3. The maximum atomic E-state index is 11.7. The minimum Gasteiger partial charge on any atom is -0.467 e. The van der Waals surface area contributed by atoms with Crippen LogP contribution >= 0.6 is 0 Å². The third-order valence-electron chi connectivity index (χ3n) is 1.37. The van der Waals surface area contributed by atoms with Gasteiger partial charge >= 0.3 is 6.18 Å². The molecular weight excluding hydrogens is 213 g/mol. The predicted octanol–water partition coefficient (Wildman–Crippen LogP) is 1.62. The summed E-state index contributed by atoms with van der Waals surface area (Å²) in [4.78, 5) is 17.8. The third-order valence-corrected chi connectivity index (χ3v) is 1.37. The molecule has 4 nitrogen and oxygen atoms in total. The first-order chi connectivity index (χ1) is 6.88. The number of carbonyl (C=O) groups is 1. The van der Waals surface area contributed by atoms with Crippen LogP contribution in [0.4, 0.5) is 13.2 Å². The van der Waals surface area contributed by atoms with E-state index in [0.29, 0.717) is 0 Å². The second-order valence-electron chi connectivity index (χ2n) is 2.70. The van der Waals surface area contributed by atoms with Gasteiger partial charge in [-0.3, -0.25) is 4.79 Å². The van der Waals surface area contributed by atoms with Crippen LogP contribution in [0.2, 0.25) is 0 Å². The number of hydrogen-bond acceptors (Lipinski definition) is 4. The molecule has 1 aromatic heterocycles. The first-order valence-corrected chi connectivity index (χ1v) is 3.91. The number of nitrogens with zero attached hydrogens (tertiary/aromatic N) is 2. The molecule has 0 aliphatic carbocycles. The fourth-order valence-electron chi connectivity index (χ4n) is 0.728. The molecule has 0 N–H and O–H groups in total. The molecule has 0 saturated heterocycles. The van der Waals surface area contributed by atoms with E-state index in [1.54, 1.807) is 0 Å². The van der Waals surface area contributed by atoms with Gasteiger partial charge in [-0.1, -0.05) is 0 Å². The van der Waals surface area contributed by atoms with E-state index in [9.17, 15) is 18.0 Å². The number of ketones is 1. The van der Waals surface area contributed by atoms with Gasteiger partial charge in [0, 0.05) is 6.92 Å². The van der Waals surface area contributed by atoms with Crippen molar-refractivity contribution in [3.05, 3.63) is 18.1 Å². The first kappa shape index (κ1) is 11.4. The highest BCUT2D eigenvalue weighted by Crippen LogP contribution is 2.16. The minimum absolute atomic E-state index is 0.0781. The number of alkyl halides is 3. The van der Waals surface area contributed by atoms with Crippen LogP contribution < -0.4 is 4.74 Å². The van der Waals surface area contributed by atoms with E-state index in [1.807, 2.05) is 0 Å². The number of carbonyl (C=O) groups excluding carboxylic acids is 1. The number of halogens is 3. The standard InChI is InChI=1S/C8H7F3N2O2/c1-5(14)6-2-13-7(3-12-6)15-4-8(9,10)11/h2-3H,4H2,1H3. The summed E-state index contributed by atoms with van der Waals surface area (Å²) in [6.07, 6.45) is -2.38. The van der Waals surface area contributed by atoms with Crippen molar-refractivity contribution in [2.45, 2.75) is 13.1 Å². The van der Waals surface area contributed by atoms with E-state index in [4.69, 9.17) is 0 Å². The maximum Gasteiger partial charge on any atom is 0.422 e. The highest BCUT2D eigenvalue weighted by molar-refractivity contribution is 5.91. The van der Waals surface area contributed by atoms with Crippen LogP contribution in [0.1, 0.15) is 17.4 Å². The lowest BCUT2D eigenvalue weighted by Gasteiger charge is -2.07. The fourth-order valence-corrected chi connectivity index (χ4v) is 0.728. The Bertz CT molecular complexity index is 348. The van der Waals surface area contributed by atoms with Gasteiger partial charge in [0.25, 0.3) is 0 Å². The van der Waals surface area contributed by atoms with Crippen LogP contribution in [0.25, 0.3) is 0 Å². The van der Waals surface area contributed by atoms with Crippen molar-refractivity contribution >= 4 is 5.78 Å². The van der Waals surface area contributed by atoms with Crippen LogP contribution in [-0.4, -0.2) is 28.5 Å². The van der Waals surface area contributed by atoms with E-state index in [1.165, 1.54) is 6.92 Å². The SMILES string of the molecule is CC(=O)c1cnc(OCC(F)(F)F)cn1. The first-order valence-electron chi connectivity index (χ1n) is 3.91. The molecule has 1 heterocycles. The van der Waals surface area contributed by atoms with Gasteiger partial charge in [0.1, 0.15) is 5.69 Å². The highest BCUT2D eigenvalue weighted by Gasteiger charge is 2.28. The van der Waals surface area contributed by atoms with Crippen LogP contribution in [0.5, 0.6) is 5.88 Å². The van der Waals surface area contributed by atoms with Gasteiger partial charge in [0.2, 0.25) is 5.88 Å². The molecule has 15 heavy (non-hydrogen) atoms. The molecule has 0 radical (unpaired) electrons. The molecule has 82 valence electrons. The zero-order valence-electron chi connectivity index (χ0n) is 7.71. The molecule has 0 aliphatic rings. The summed E-state index contributed by atoms with van der Waals surface area (Å²) in [5.41, 5.74) is 0.0781. The Morgan fingerprint density at radius 2 is 2.07 bits per heavy atom. The highest BCUT2D eigenvalue weighted by atomic mass is 19.4. The van der Waals surface area contributed by atoms with Crippen LogP contribution in [0.15, 0.2) is 12.4 Å². The number of aromatic nitrogens is 2. The monoisotopic (exact) mass is 220 g/mol. The minimum atomic E-state index is -4.42. The summed E-state index contributed by atoms with van der Waals surface area (Å²) in [5.74, 6) is -0.581. The summed E-state index contributed by atoms with van der Waals surface area (Å²) in [5, 5.41) is 0. The van der Waals surface area contributed by atoms with Crippen molar-refractivity contribution in [3.63, 3.8) is 0 Å². The van der Waals surface area contributed by atoms with Gasteiger partial charge in [-0.25, -0.2) is 9.97 Å². The molecule has 1 rings (SSSR count). The molecule has 0 bridgehead atoms. The van der Waals surface area contributed by atoms with Crippen molar-refractivity contribution in [3.8, 4) is 5.88 Å². The second kappa shape index (κ2) is 4.24. The Morgan fingerprint density at radius 1 is 1.40 bits per heavy atom. The zero-order valence-corrected chi connectivity index (χ0v) is 7.71. The lowest BCUT2D eigenvalue weighted by Crippen LogP contribution is -2.19. The van der Waals surface area contributed by atoms with Gasteiger partial charge in [-0.2, -0.15) is 13.2 Å². The second-order valence-corrected chi connectivity index (χ2v) is 2.70. The molecular formula is C8H7F3N2O2. The van der Waals surface area contributed by atoms with E-state index in [-0.39, 0.29) is 17.4 Å². The Balaban J connectivity index is 2.61. The summed E-state index contributed by atoms with van der Waals surface area (Å²) in [7, 11) is 0. The van der Waals surface area contributed by atoms with Crippen molar-refractivity contribution < 1.29 is 22.7 Å². The van der Waals surface area contributed by atoms with E-state index < -0.39 is 12.8 Å². The Labute approximate surface area is 83.1 Å². The molecule has 1 aromatic rings. The van der Waals surface area contributed by atoms with E-state index >= 15 is 0 Å². The van der Waals surface area contributed by atoms with Gasteiger partial charge < -0.3 is 4.74 Å². The number of Topliss-reactive ketones (excluding diaryl/α,β-unsaturated/α-hetero) is 1. The average Bonchev–Trinajstić information content (AvgIpc) is 2.14. The Morgan fingerprint density at radius 3 is 2.47 bits per heavy atom. The van der Waals surface area contributed by atoms with Gasteiger partial charge in [-0.15, -0.1) is 0 Å². The zero-order chi connectivity index (χ0) is 11.5. The van der Waals surface area contributed by atoms with Crippen molar-refractivity contribution in [1.29, 1.82) is 0 Å². The van der Waals surface area contributed by atoms with Crippen molar-refractivity contribution in [2.24, 2.45) is 0 Å². The Kier molecular flexibility index (Phi) is 3.23. The topological polar surface area (TPSA) is 52.1 Å². The third kappa shape index (κ3) is 3.92. The molecule has 0 spiro atoms. The number of ether oxygens (including phenoxy) is 1. The summed E-state index contributed by atoms with van der Waals surface area (Å²) in [6, 6.07) is 0. The van der Waals surface area contributed by atoms with Gasteiger partial charge in [-0.05, 0) is 0 Å². The van der Waals surface area contributed by atoms with E-state index in [2.05, 4.69) is 14.7 Å². The molecule has 0 fully saturated rings. The maximum absolute atomic E-state index is 11.7. The van der Waals surface area contributed by atoms with Crippen molar-refractivity contribution in [2.75, 3.05) is 6.61 Å². The van der Waals surface area contributed by atoms with Gasteiger partial charge in [0.05, 0.1) is 12.4 Å². The normalized spacial score (nSPS) is 11.2. The molecule has 7 heteroatoms. The predicted molar refractivity (Wildman–Crippen MR) is 43.6 cm³/mol. The molecule has 0 saturated carbocycles. The smallest absolute Gasteiger partial charge is 0.422 e. The Hall–Kier alpha value is -1.66. The van der Waals surface area contributed by atoms with E-state index in [0.717, 1.165) is 12.4 Å².